The van der Waals surface area contributed by atoms with Crippen LogP contribution in [-0.4, -0.2) is 56.3 Å². The number of carbonyl (C=O) groups is 2. The van der Waals surface area contributed by atoms with Crippen molar-refractivity contribution in [2.45, 2.75) is 12.5 Å². The van der Waals surface area contributed by atoms with Crippen molar-refractivity contribution in [2.75, 3.05) is 48.5 Å². The van der Waals surface area contributed by atoms with E-state index in [4.69, 9.17) is 10.5 Å². The lowest BCUT2D eigenvalue weighted by molar-refractivity contribution is -0.117. The lowest BCUT2D eigenvalue weighted by Crippen LogP contribution is -2.46. The van der Waals surface area contributed by atoms with Crippen LogP contribution in [0, 0.1) is 0 Å². The fourth-order valence-electron chi connectivity index (χ4n) is 2.48. The van der Waals surface area contributed by atoms with Crippen LogP contribution < -0.4 is 21.3 Å². The molecule has 1 fully saturated rings. The van der Waals surface area contributed by atoms with Gasteiger partial charge in [-0.1, -0.05) is 0 Å². The van der Waals surface area contributed by atoms with E-state index in [0.717, 1.165) is 37.7 Å². The zero-order valence-corrected chi connectivity index (χ0v) is 14.6. The lowest BCUT2D eigenvalue weighted by Gasteiger charge is -2.29. The highest BCUT2D eigenvalue weighted by Gasteiger charge is 2.19. The number of thioether (sulfide) groups is 1. The number of rotatable bonds is 7. The van der Waals surface area contributed by atoms with Gasteiger partial charge in [-0.05, 0) is 42.7 Å². The van der Waals surface area contributed by atoms with E-state index < -0.39 is 12.1 Å². The molecule has 24 heavy (non-hydrogen) atoms. The number of morpholine rings is 1. The minimum atomic E-state index is -0.695. The molecule has 1 saturated heterocycles. The van der Waals surface area contributed by atoms with Gasteiger partial charge in [0.05, 0.1) is 13.2 Å². The second kappa shape index (κ2) is 9.39. The molecule has 1 atom stereocenters. The standard InChI is InChI=1S/C16H24N4O3S/c1-24-11-6-14(19-16(17)22)15(21)18-12-2-4-13(5-3-12)20-7-9-23-10-8-20/h2-5,14H,6-11H2,1H3,(H,18,21)(H3,17,19,22)/t14-/m0/s1. The second-order valence-electron chi connectivity index (χ2n) is 5.48. The smallest absolute Gasteiger partial charge is 0.312 e. The molecule has 0 aromatic heterocycles. The highest BCUT2D eigenvalue weighted by molar-refractivity contribution is 7.98. The predicted octanol–water partition coefficient (Wildman–Crippen LogP) is 1.25. The second-order valence-corrected chi connectivity index (χ2v) is 6.46. The molecular weight excluding hydrogens is 328 g/mol. The van der Waals surface area contributed by atoms with Crippen molar-refractivity contribution in [3.05, 3.63) is 24.3 Å². The molecule has 1 aliphatic heterocycles. The van der Waals surface area contributed by atoms with Crippen LogP contribution in [0.4, 0.5) is 16.2 Å². The van der Waals surface area contributed by atoms with Crippen molar-refractivity contribution in [1.29, 1.82) is 0 Å². The number of ether oxygens (including phenoxy) is 1. The van der Waals surface area contributed by atoms with Crippen molar-refractivity contribution in [2.24, 2.45) is 5.73 Å². The number of carbonyl (C=O) groups excluding carboxylic acids is 2. The van der Waals surface area contributed by atoms with Gasteiger partial charge in [-0.25, -0.2) is 4.79 Å². The van der Waals surface area contributed by atoms with Crippen molar-refractivity contribution in [3.8, 4) is 0 Å². The fraction of sp³-hybridized carbons (Fsp3) is 0.500. The van der Waals surface area contributed by atoms with Gasteiger partial charge in [0, 0.05) is 24.5 Å². The van der Waals surface area contributed by atoms with Crippen LogP contribution in [0.3, 0.4) is 0 Å². The molecular formula is C16H24N4O3S. The Bertz CT molecular complexity index is 547. The Kier molecular flexibility index (Phi) is 7.20. The summed E-state index contributed by atoms with van der Waals surface area (Å²) in [5, 5.41) is 5.31. The molecule has 1 aliphatic rings. The molecule has 1 aromatic carbocycles. The Morgan fingerprint density at radius 1 is 1.29 bits per heavy atom. The molecule has 0 bridgehead atoms. The fourth-order valence-corrected chi connectivity index (χ4v) is 2.95. The molecule has 132 valence electrons. The summed E-state index contributed by atoms with van der Waals surface area (Å²) in [6, 6.07) is 6.34. The summed E-state index contributed by atoms with van der Waals surface area (Å²) in [6.45, 7) is 3.19. The maximum atomic E-state index is 12.3. The van der Waals surface area contributed by atoms with Gasteiger partial charge in [0.1, 0.15) is 6.04 Å². The number of anilines is 2. The average molecular weight is 352 g/mol. The molecule has 0 spiro atoms. The highest BCUT2D eigenvalue weighted by Crippen LogP contribution is 2.19. The van der Waals surface area contributed by atoms with Gasteiger partial charge >= 0.3 is 6.03 Å². The van der Waals surface area contributed by atoms with E-state index in [2.05, 4.69) is 15.5 Å². The molecule has 7 nitrogen and oxygen atoms in total. The van der Waals surface area contributed by atoms with Crippen molar-refractivity contribution < 1.29 is 14.3 Å². The van der Waals surface area contributed by atoms with E-state index in [0.29, 0.717) is 12.1 Å². The van der Waals surface area contributed by atoms with Gasteiger partial charge in [0.2, 0.25) is 5.91 Å². The first kappa shape index (κ1) is 18.4. The van der Waals surface area contributed by atoms with E-state index in [1.807, 2.05) is 30.5 Å². The Morgan fingerprint density at radius 2 is 1.96 bits per heavy atom. The third-order valence-electron chi connectivity index (χ3n) is 3.75. The van der Waals surface area contributed by atoms with E-state index in [9.17, 15) is 9.59 Å². The SMILES string of the molecule is CSCC[C@H](NC(N)=O)C(=O)Nc1ccc(N2CCOCC2)cc1. The van der Waals surface area contributed by atoms with Crippen LogP contribution in [0.25, 0.3) is 0 Å². The van der Waals surface area contributed by atoms with Crippen molar-refractivity contribution >= 4 is 35.1 Å². The normalized spacial score (nSPS) is 15.6. The molecule has 1 heterocycles. The first-order valence-electron chi connectivity index (χ1n) is 7.88. The number of nitrogens with two attached hydrogens (primary N) is 1. The maximum Gasteiger partial charge on any atom is 0.312 e. The molecule has 8 heteroatoms. The summed E-state index contributed by atoms with van der Waals surface area (Å²) in [5.74, 6) is 0.496. The Balaban J connectivity index is 1.95. The van der Waals surface area contributed by atoms with Gasteiger partial charge in [0.15, 0.2) is 0 Å². The van der Waals surface area contributed by atoms with Crippen molar-refractivity contribution in [1.82, 2.24) is 5.32 Å². The van der Waals surface area contributed by atoms with Crippen LogP contribution in [0.1, 0.15) is 6.42 Å². The summed E-state index contributed by atoms with van der Waals surface area (Å²) >= 11 is 1.61. The molecule has 0 saturated carbocycles. The zero-order valence-electron chi connectivity index (χ0n) is 13.8. The summed E-state index contributed by atoms with van der Waals surface area (Å²) in [4.78, 5) is 25.6. The summed E-state index contributed by atoms with van der Waals surface area (Å²) in [6.07, 6.45) is 2.48. The van der Waals surface area contributed by atoms with Crippen LogP contribution in [0.15, 0.2) is 24.3 Å². The zero-order chi connectivity index (χ0) is 17.4. The van der Waals surface area contributed by atoms with Gasteiger partial charge < -0.3 is 26.0 Å². The molecule has 2 rings (SSSR count). The first-order valence-corrected chi connectivity index (χ1v) is 9.28. The van der Waals surface area contributed by atoms with Crippen LogP contribution in [-0.2, 0) is 9.53 Å². The largest absolute Gasteiger partial charge is 0.378 e. The lowest BCUT2D eigenvalue weighted by atomic mass is 10.2. The third kappa shape index (κ3) is 5.61. The van der Waals surface area contributed by atoms with Crippen LogP contribution in [0.5, 0.6) is 0 Å². The van der Waals surface area contributed by atoms with Gasteiger partial charge in [-0.2, -0.15) is 11.8 Å². The minimum Gasteiger partial charge on any atom is -0.378 e. The molecule has 3 amide bonds. The average Bonchev–Trinajstić information content (AvgIpc) is 2.59. The minimum absolute atomic E-state index is 0.262. The van der Waals surface area contributed by atoms with Gasteiger partial charge in [-0.3, -0.25) is 4.79 Å². The number of benzene rings is 1. The van der Waals surface area contributed by atoms with E-state index in [-0.39, 0.29) is 5.91 Å². The monoisotopic (exact) mass is 352 g/mol. The number of hydrogen-bond donors (Lipinski definition) is 3. The summed E-state index contributed by atoms with van der Waals surface area (Å²) < 4.78 is 5.34. The predicted molar refractivity (Wildman–Crippen MR) is 97.6 cm³/mol. The van der Waals surface area contributed by atoms with E-state index >= 15 is 0 Å². The maximum absolute atomic E-state index is 12.3. The van der Waals surface area contributed by atoms with Gasteiger partial charge in [0.25, 0.3) is 0 Å². The Labute approximate surface area is 146 Å². The Hall–Kier alpha value is -1.93. The molecule has 4 N–H and O–H groups in total. The summed E-state index contributed by atoms with van der Waals surface area (Å²) in [7, 11) is 0. The third-order valence-corrected chi connectivity index (χ3v) is 4.40. The first-order chi connectivity index (χ1) is 11.6. The molecule has 1 aromatic rings. The number of hydrogen-bond acceptors (Lipinski definition) is 5. The highest BCUT2D eigenvalue weighted by atomic mass is 32.2. The Morgan fingerprint density at radius 3 is 2.54 bits per heavy atom. The molecule has 0 unspecified atom stereocenters. The summed E-state index contributed by atoms with van der Waals surface area (Å²) in [5.41, 5.74) is 6.94. The van der Waals surface area contributed by atoms with Crippen LogP contribution >= 0.6 is 11.8 Å². The van der Waals surface area contributed by atoms with Crippen molar-refractivity contribution in [3.63, 3.8) is 0 Å². The quantitative estimate of drug-likeness (QED) is 0.686. The molecule has 0 radical (unpaired) electrons. The number of nitrogens with one attached hydrogen (secondary N) is 2. The topological polar surface area (TPSA) is 96.7 Å². The molecule has 0 aliphatic carbocycles. The number of urea groups is 1. The van der Waals surface area contributed by atoms with Crippen LogP contribution in [0.2, 0.25) is 0 Å². The number of primary amides is 1. The van der Waals surface area contributed by atoms with E-state index in [1.165, 1.54) is 0 Å². The van der Waals surface area contributed by atoms with Gasteiger partial charge in [-0.15, -0.1) is 0 Å². The number of amides is 3. The van der Waals surface area contributed by atoms with E-state index in [1.54, 1.807) is 11.8 Å². The number of nitrogens with zero attached hydrogens (tertiary/aromatic N) is 1.